The van der Waals surface area contributed by atoms with Crippen molar-refractivity contribution < 1.29 is 34.2 Å². The first-order valence-corrected chi connectivity index (χ1v) is 10.3. The number of nitrogens with two attached hydrogens (primary N) is 2. The van der Waals surface area contributed by atoms with Crippen LogP contribution in [0.3, 0.4) is 0 Å². The number of hydrogen-bond acceptors (Lipinski definition) is 8. The van der Waals surface area contributed by atoms with Gasteiger partial charge in [0.05, 0.1) is 18.8 Å². The number of imidazole rings is 1. The van der Waals surface area contributed by atoms with Gasteiger partial charge in [-0.25, -0.2) is 9.78 Å². The predicted octanol–water partition coefficient (Wildman–Crippen LogP) is -2.56. The molecule has 0 aliphatic rings. The number of carbonyl (C=O) groups is 5. The van der Waals surface area contributed by atoms with Crippen molar-refractivity contribution in [3.63, 3.8) is 0 Å². The first-order chi connectivity index (χ1) is 15.5. The summed E-state index contributed by atoms with van der Waals surface area (Å²) in [6.45, 7) is 1.84. The van der Waals surface area contributed by atoms with Crippen LogP contribution >= 0.6 is 0 Å². The highest BCUT2D eigenvalue weighted by molar-refractivity contribution is 5.94. The number of unbranched alkanes of at least 4 members (excludes halogenated alkanes) is 1. The van der Waals surface area contributed by atoms with Crippen LogP contribution in [0.2, 0.25) is 0 Å². The highest BCUT2D eigenvalue weighted by atomic mass is 16.4. The molecule has 0 fully saturated rings. The molecule has 33 heavy (non-hydrogen) atoms. The third kappa shape index (κ3) is 10.1. The number of aromatic nitrogens is 2. The summed E-state index contributed by atoms with van der Waals surface area (Å²) in [5.74, 6) is -5.13. The summed E-state index contributed by atoms with van der Waals surface area (Å²) >= 11 is 0. The molecule has 1 heterocycles. The summed E-state index contributed by atoms with van der Waals surface area (Å²) in [5, 5.41) is 25.2. The van der Waals surface area contributed by atoms with Crippen molar-refractivity contribution >= 4 is 29.7 Å². The van der Waals surface area contributed by atoms with Crippen LogP contribution < -0.4 is 27.4 Å². The monoisotopic (exact) mass is 469 g/mol. The zero-order valence-corrected chi connectivity index (χ0v) is 18.2. The molecule has 14 nitrogen and oxygen atoms in total. The highest BCUT2D eigenvalue weighted by Gasteiger charge is 2.31. The standard InChI is InChI=1S/C19H31N7O7/c1-10(21)16(29)24-12(4-2-3-5-20)17(30)25-13(6-11-8-22-9-23-11)18(31)26-14(19(32)33)7-15(27)28/h8-10,12-14H,2-7,20-21H2,1H3,(H,22,23)(H,24,29)(H,25,30)(H,26,31)(H,27,28)(H,32,33). The number of nitrogens with one attached hydrogen (secondary N) is 4. The van der Waals surface area contributed by atoms with Crippen LogP contribution in [-0.4, -0.2) is 80.6 Å². The largest absolute Gasteiger partial charge is 0.481 e. The van der Waals surface area contributed by atoms with E-state index in [0.717, 1.165) is 0 Å². The first kappa shape index (κ1) is 27.5. The molecule has 3 amide bonds. The lowest BCUT2D eigenvalue weighted by Gasteiger charge is -2.24. The smallest absolute Gasteiger partial charge is 0.326 e. The van der Waals surface area contributed by atoms with Gasteiger partial charge in [0.1, 0.15) is 18.1 Å². The molecule has 0 spiro atoms. The molecule has 1 aromatic heterocycles. The zero-order chi connectivity index (χ0) is 25.0. The molecule has 1 aromatic rings. The van der Waals surface area contributed by atoms with Gasteiger partial charge in [0.2, 0.25) is 17.7 Å². The third-order valence-corrected chi connectivity index (χ3v) is 4.60. The molecule has 0 saturated heterocycles. The fourth-order valence-corrected chi connectivity index (χ4v) is 2.81. The van der Waals surface area contributed by atoms with E-state index in [-0.39, 0.29) is 12.8 Å². The van der Waals surface area contributed by atoms with Crippen LogP contribution in [0.4, 0.5) is 0 Å². The van der Waals surface area contributed by atoms with Crippen LogP contribution in [0.1, 0.15) is 38.3 Å². The molecule has 14 heteroatoms. The second kappa shape index (κ2) is 13.8. The number of aliphatic carboxylic acids is 2. The minimum atomic E-state index is -1.70. The highest BCUT2D eigenvalue weighted by Crippen LogP contribution is 2.06. The number of carboxylic acid groups (broad SMARTS) is 2. The summed E-state index contributed by atoms with van der Waals surface area (Å²) < 4.78 is 0. The summed E-state index contributed by atoms with van der Waals surface area (Å²) in [6.07, 6.45) is 3.18. The predicted molar refractivity (Wildman–Crippen MR) is 115 cm³/mol. The average molecular weight is 469 g/mol. The Kier molecular flexibility index (Phi) is 11.5. The quantitative estimate of drug-likeness (QED) is 0.125. The minimum absolute atomic E-state index is 0.0895. The second-order valence-electron chi connectivity index (χ2n) is 7.47. The van der Waals surface area contributed by atoms with Gasteiger partial charge in [-0.15, -0.1) is 0 Å². The number of carboxylic acids is 2. The van der Waals surface area contributed by atoms with Crippen LogP contribution in [0.15, 0.2) is 12.5 Å². The van der Waals surface area contributed by atoms with Gasteiger partial charge in [-0.2, -0.15) is 0 Å². The Bertz CT molecular complexity index is 813. The molecular formula is C19H31N7O7. The lowest BCUT2D eigenvalue weighted by atomic mass is 10.1. The molecule has 0 radical (unpaired) electrons. The number of amides is 3. The van der Waals surface area contributed by atoms with Gasteiger partial charge in [0.15, 0.2) is 0 Å². The van der Waals surface area contributed by atoms with E-state index in [9.17, 15) is 29.1 Å². The maximum Gasteiger partial charge on any atom is 0.326 e. The number of carbonyl (C=O) groups excluding carboxylic acids is 3. The number of nitrogens with zero attached hydrogens (tertiary/aromatic N) is 1. The molecule has 0 aromatic carbocycles. The van der Waals surface area contributed by atoms with Crippen molar-refractivity contribution in [2.24, 2.45) is 11.5 Å². The number of hydrogen-bond donors (Lipinski definition) is 8. The molecule has 1 rings (SSSR count). The molecule has 4 atom stereocenters. The molecular weight excluding hydrogens is 438 g/mol. The van der Waals surface area contributed by atoms with E-state index in [1.165, 1.54) is 19.4 Å². The van der Waals surface area contributed by atoms with Gasteiger partial charge in [0, 0.05) is 18.3 Å². The van der Waals surface area contributed by atoms with Crippen molar-refractivity contribution in [3.8, 4) is 0 Å². The van der Waals surface area contributed by atoms with Crippen molar-refractivity contribution in [1.29, 1.82) is 0 Å². The maximum absolute atomic E-state index is 12.9. The van der Waals surface area contributed by atoms with Crippen molar-refractivity contribution in [2.45, 2.75) is 63.2 Å². The molecule has 0 bridgehead atoms. The average Bonchev–Trinajstić information content (AvgIpc) is 3.24. The Morgan fingerprint density at radius 2 is 1.61 bits per heavy atom. The van der Waals surface area contributed by atoms with E-state index >= 15 is 0 Å². The van der Waals surface area contributed by atoms with Gasteiger partial charge < -0.3 is 42.6 Å². The fraction of sp³-hybridized carbons (Fsp3) is 0.579. The summed E-state index contributed by atoms with van der Waals surface area (Å²) in [5.41, 5.74) is 11.5. The van der Waals surface area contributed by atoms with Gasteiger partial charge in [0.25, 0.3) is 0 Å². The zero-order valence-electron chi connectivity index (χ0n) is 18.2. The molecule has 0 aliphatic carbocycles. The normalized spacial score (nSPS) is 14.4. The van der Waals surface area contributed by atoms with Crippen molar-refractivity contribution in [3.05, 3.63) is 18.2 Å². The maximum atomic E-state index is 12.9. The van der Waals surface area contributed by atoms with E-state index in [1.54, 1.807) is 0 Å². The molecule has 0 saturated carbocycles. The minimum Gasteiger partial charge on any atom is -0.481 e. The van der Waals surface area contributed by atoms with Gasteiger partial charge in [-0.3, -0.25) is 19.2 Å². The Morgan fingerprint density at radius 3 is 2.12 bits per heavy atom. The molecule has 10 N–H and O–H groups in total. The van der Waals surface area contributed by atoms with Crippen molar-refractivity contribution in [2.75, 3.05) is 6.54 Å². The SMILES string of the molecule is CC(N)C(=O)NC(CCCCN)C(=O)NC(Cc1cnc[nH]1)C(=O)NC(CC(=O)O)C(=O)O. The Morgan fingerprint density at radius 1 is 1.00 bits per heavy atom. The fourth-order valence-electron chi connectivity index (χ4n) is 2.81. The van der Waals surface area contributed by atoms with E-state index in [1.807, 2.05) is 0 Å². The lowest BCUT2D eigenvalue weighted by molar-refractivity contribution is -0.147. The van der Waals surface area contributed by atoms with Gasteiger partial charge >= 0.3 is 11.9 Å². The van der Waals surface area contributed by atoms with Crippen LogP contribution in [0.25, 0.3) is 0 Å². The number of H-pyrrole nitrogens is 1. The van der Waals surface area contributed by atoms with Crippen LogP contribution in [0, 0.1) is 0 Å². The van der Waals surface area contributed by atoms with E-state index in [0.29, 0.717) is 25.1 Å². The van der Waals surface area contributed by atoms with Crippen LogP contribution in [-0.2, 0) is 30.4 Å². The molecule has 4 unspecified atom stereocenters. The Hall–Kier alpha value is -3.52. The van der Waals surface area contributed by atoms with Crippen molar-refractivity contribution in [1.82, 2.24) is 25.9 Å². The Labute approximate surface area is 189 Å². The number of aromatic amines is 1. The van der Waals surface area contributed by atoms with E-state index in [4.69, 9.17) is 16.6 Å². The number of rotatable bonds is 15. The van der Waals surface area contributed by atoms with Crippen LogP contribution in [0.5, 0.6) is 0 Å². The third-order valence-electron chi connectivity index (χ3n) is 4.60. The summed E-state index contributed by atoms with van der Waals surface area (Å²) in [7, 11) is 0. The van der Waals surface area contributed by atoms with E-state index in [2.05, 4.69) is 25.9 Å². The molecule has 0 aliphatic heterocycles. The summed E-state index contributed by atoms with van der Waals surface area (Å²) in [4.78, 5) is 66.6. The topological polar surface area (TPSA) is 243 Å². The molecule has 184 valence electrons. The van der Waals surface area contributed by atoms with E-state index < -0.39 is 60.2 Å². The lowest BCUT2D eigenvalue weighted by Crippen LogP contribution is -2.57. The first-order valence-electron chi connectivity index (χ1n) is 10.3. The van der Waals surface area contributed by atoms with Gasteiger partial charge in [-0.1, -0.05) is 0 Å². The Balaban J connectivity index is 3.03. The van der Waals surface area contributed by atoms with Gasteiger partial charge in [-0.05, 0) is 32.7 Å². The summed E-state index contributed by atoms with van der Waals surface area (Å²) in [6, 6.07) is -4.86. The second-order valence-corrected chi connectivity index (χ2v) is 7.47.